The molecule has 1 N–H and O–H groups in total. The van der Waals surface area contributed by atoms with Gasteiger partial charge in [-0.1, -0.05) is 13.8 Å². The Morgan fingerprint density at radius 3 is 2.86 bits per heavy atom. The molecule has 14 heavy (non-hydrogen) atoms. The maximum Gasteiger partial charge on any atom is 0.0135 e. The monoisotopic (exact) mass is 213 g/mol. The standard InChI is InChI=1S/C12H23NS/c1-3-11(2)9-12(6-8-14-11)5-4-7-13-10-12/h13H,3-10H2,1-2H3. The molecular weight excluding hydrogens is 190 g/mol. The zero-order valence-electron chi connectivity index (χ0n) is 9.57. The molecule has 2 heteroatoms. The molecule has 1 nitrogen and oxygen atoms in total. The minimum absolute atomic E-state index is 0.567. The van der Waals surface area contributed by atoms with Gasteiger partial charge in [-0.25, -0.2) is 0 Å². The van der Waals surface area contributed by atoms with Gasteiger partial charge in [-0.15, -0.1) is 0 Å². The first-order valence-corrected chi connectivity index (χ1v) is 7.01. The van der Waals surface area contributed by atoms with E-state index in [4.69, 9.17) is 0 Å². The Labute approximate surface area is 92.4 Å². The van der Waals surface area contributed by atoms with E-state index in [1.54, 1.807) is 0 Å². The van der Waals surface area contributed by atoms with E-state index < -0.39 is 0 Å². The molecule has 2 unspecified atom stereocenters. The second kappa shape index (κ2) is 4.05. The smallest absolute Gasteiger partial charge is 0.0135 e. The van der Waals surface area contributed by atoms with Crippen molar-refractivity contribution < 1.29 is 0 Å². The lowest BCUT2D eigenvalue weighted by atomic mass is 9.71. The Kier molecular flexibility index (Phi) is 3.13. The van der Waals surface area contributed by atoms with Crippen molar-refractivity contribution in [2.75, 3.05) is 18.8 Å². The normalized spacial score (nSPS) is 44.1. The molecule has 0 amide bonds. The van der Waals surface area contributed by atoms with Crippen molar-refractivity contribution in [2.45, 2.75) is 50.7 Å². The highest BCUT2D eigenvalue weighted by atomic mass is 32.2. The van der Waals surface area contributed by atoms with E-state index in [0.29, 0.717) is 10.2 Å². The molecule has 0 saturated carbocycles. The van der Waals surface area contributed by atoms with E-state index in [9.17, 15) is 0 Å². The summed E-state index contributed by atoms with van der Waals surface area (Å²) in [6.45, 7) is 7.34. The molecule has 0 bridgehead atoms. The minimum Gasteiger partial charge on any atom is -0.316 e. The van der Waals surface area contributed by atoms with Crippen molar-refractivity contribution in [1.29, 1.82) is 0 Å². The lowest BCUT2D eigenvalue weighted by Gasteiger charge is -2.48. The highest BCUT2D eigenvalue weighted by Crippen LogP contribution is 2.50. The predicted molar refractivity (Wildman–Crippen MR) is 64.9 cm³/mol. The van der Waals surface area contributed by atoms with Crippen LogP contribution in [0.2, 0.25) is 0 Å². The molecule has 2 atom stereocenters. The average Bonchev–Trinajstić information content (AvgIpc) is 2.19. The molecule has 0 aromatic rings. The van der Waals surface area contributed by atoms with E-state index in [-0.39, 0.29) is 0 Å². The zero-order chi connectivity index (χ0) is 10.1. The van der Waals surface area contributed by atoms with Gasteiger partial charge in [0.15, 0.2) is 0 Å². The number of nitrogens with one attached hydrogen (secondary N) is 1. The molecule has 2 heterocycles. The molecule has 0 aromatic heterocycles. The van der Waals surface area contributed by atoms with Crippen LogP contribution in [0.4, 0.5) is 0 Å². The van der Waals surface area contributed by atoms with E-state index in [2.05, 4.69) is 30.9 Å². The van der Waals surface area contributed by atoms with Crippen molar-refractivity contribution >= 4 is 11.8 Å². The van der Waals surface area contributed by atoms with Crippen molar-refractivity contribution in [1.82, 2.24) is 5.32 Å². The average molecular weight is 213 g/mol. The fraction of sp³-hybridized carbons (Fsp3) is 1.00. The quantitative estimate of drug-likeness (QED) is 0.718. The molecule has 2 aliphatic heterocycles. The Morgan fingerprint density at radius 1 is 1.36 bits per heavy atom. The molecule has 2 fully saturated rings. The Hall–Kier alpha value is 0.310. The van der Waals surface area contributed by atoms with Crippen LogP contribution in [-0.4, -0.2) is 23.6 Å². The van der Waals surface area contributed by atoms with Crippen LogP contribution in [0.15, 0.2) is 0 Å². The molecule has 2 saturated heterocycles. The first kappa shape index (κ1) is 10.8. The van der Waals surface area contributed by atoms with Gasteiger partial charge in [0.1, 0.15) is 0 Å². The van der Waals surface area contributed by atoms with Gasteiger partial charge in [-0.05, 0) is 49.8 Å². The Bertz CT molecular complexity index is 193. The van der Waals surface area contributed by atoms with E-state index in [1.807, 2.05) is 0 Å². The fourth-order valence-corrected chi connectivity index (χ4v) is 4.71. The largest absolute Gasteiger partial charge is 0.316 e. The number of hydrogen-bond acceptors (Lipinski definition) is 2. The first-order chi connectivity index (χ1) is 6.68. The van der Waals surface area contributed by atoms with Crippen molar-refractivity contribution in [3.05, 3.63) is 0 Å². The van der Waals surface area contributed by atoms with Crippen molar-refractivity contribution in [2.24, 2.45) is 5.41 Å². The van der Waals surface area contributed by atoms with Crippen LogP contribution < -0.4 is 5.32 Å². The third-order valence-corrected chi connectivity index (χ3v) is 5.68. The highest BCUT2D eigenvalue weighted by Gasteiger charge is 2.42. The van der Waals surface area contributed by atoms with Crippen LogP contribution in [0.25, 0.3) is 0 Å². The van der Waals surface area contributed by atoms with Crippen LogP contribution >= 0.6 is 11.8 Å². The summed E-state index contributed by atoms with van der Waals surface area (Å²) in [4.78, 5) is 0. The lowest BCUT2D eigenvalue weighted by molar-refractivity contribution is 0.158. The van der Waals surface area contributed by atoms with Crippen LogP contribution in [0, 0.1) is 5.41 Å². The number of hydrogen-bond donors (Lipinski definition) is 1. The summed E-state index contributed by atoms with van der Waals surface area (Å²) in [7, 11) is 0. The van der Waals surface area contributed by atoms with Gasteiger partial charge in [0.25, 0.3) is 0 Å². The van der Waals surface area contributed by atoms with E-state index in [1.165, 1.54) is 50.9 Å². The summed E-state index contributed by atoms with van der Waals surface area (Å²) in [6, 6.07) is 0. The summed E-state index contributed by atoms with van der Waals surface area (Å²) in [5, 5.41) is 3.60. The number of piperidine rings is 1. The fourth-order valence-electron chi connectivity index (χ4n) is 3.07. The van der Waals surface area contributed by atoms with Crippen molar-refractivity contribution in [3.8, 4) is 0 Å². The number of rotatable bonds is 1. The summed E-state index contributed by atoms with van der Waals surface area (Å²) in [5.74, 6) is 1.38. The van der Waals surface area contributed by atoms with E-state index in [0.717, 1.165) is 0 Å². The summed E-state index contributed by atoms with van der Waals surface area (Å²) >= 11 is 2.21. The summed E-state index contributed by atoms with van der Waals surface area (Å²) in [5.41, 5.74) is 0.661. The predicted octanol–water partition coefficient (Wildman–Crippen LogP) is 3.05. The molecule has 0 aromatic carbocycles. The van der Waals surface area contributed by atoms with E-state index >= 15 is 0 Å². The van der Waals surface area contributed by atoms with Gasteiger partial charge >= 0.3 is 0 Å². The Morgan fingerprint density at radius 2 is 2.21 bits per heavy atom. The molecule has 1 spiro atoms. The van der Waals surface area contributed by atoms with Gasteiger partial charge in [-0.2, -0.15) is 11.8 Å². The molecule has 2 aliphatic rings. The van der Waals surface area contributed by atoms with Crippen LogP contribution in [0.3, 0.4) is 0 Å². The molecule has 0 radical (unpaired) electrons. The van der Waals surface area contributed by atoms with Gasteiger partial charge in [0.05, 0.1) is 0 Å². The summed E-state index contributed by atoms with van der Waals surface area (Å²) in [6.07, 6.45) is 7.08. The maximum absolute atomic E-state index is 3.60. The van der Waals surface area contributed by atoms with Crippen LogP contribution in [-0.2, 0) is 0 Å². The maximum atomic E-state index is 3.60. The topological polar surface area (TPSA) is 12.0 Å². The highest BCUT2D eigenvalue weighted by molar-refractivity contribution is 8.00. The van der Waals surface area contributed by atoms with Crippen molar-refractivity contribution in [3.63, 3.8) is 0 Å². The third-order valence-electron chi connectivity index (χ3n) is 4.14. The van der Waals surface area contributed by atoms with Gasteiger partial charge in [0.2, 0.25) is 0 Å². The Balaban J connectivity index is 2.04. The zero-order valence-corrected chi connectivity index (χ0v) is 10.4. The first-order valence-electron chi connectivity index (χ1n) is 6.03. The molecule has 2 rings (SSSR count). The SMILES string of the molecule is CCC1(C)CC2(CCCNC2)CCS1. The minimum atomic E-state index is 0.567. The third kappa shape index (κ3) is 2.11. The lowest BCUT2D eigenvalue weighted by Crippen LogP contribution is -2.47. The number of thioether (sulfide) groups is 1. The molecular formula is C12H23NS. The van der Waals surface area contributed by atoms with Gasteiger partial charge in [0, 0.05) is 11.3 Å². The molecule has 0 aliphatic carbocycles. The van der Waals surface area contributed by atoms with Gasteiger partial charge in [-0.3, -0.25) is 0 Å². The van der Waals surface area contributed by atoms with Gasteiger partial charge < -0.3 is 5.32 Å². The van der Waals surface area contributed by atoms with Crippen LogP contribution in [0.5, 0.6) is 0 Å². The van der Waals surface area contributed by atoms with Crippen LogP contribution in [0.1, 0.15) is 46.0 Å². The summed E-state index contributed by atoms with van der Waals surface area (Å²) < 4.78 is 0.567. The second-order valence-corrected chi connectivity index (χ2v) is 7.04. The molecule has 82 valence electrons. The second-order valence-electron chi connectivity index (χ2n) is 5.36.